The van der Waals surface area contributed by atoms with Crippen LogP contribution in [0, 0.1) is 0 Å². The smallest absolute Gasteiger partial charge is 0.256 e. The summed E-state index contributed by atoms with van der Waals surface area (Å²) in [6, 6.07) is 38.8. The first-order valence-electron chi connectivity index (χ1n) is 13.0. The second-order valence-corrected chi connectivity index (χ2v) is 13.2. The highest BCUT2D eigenvalue weighted by Crippen LogP contribution is 2.41. The summed E-state index contributed by atoms with van der Waals surface area (Å²) < 4.78 is 1.68. The van der Waals surface area contributed by atoms with Gasteiger partial charge >= 0.3 is 0 Å². The average Bonchev–Trinajstić information content (AvgIpc) is 3.03. The Morgan fingerprint density at radius 3 is 1.31 bits per heavy atom. The summed E-state index contributed by atoms with van der Waals surface area (Å²) in [5.41, 5.74) is 2.51. The lowest BCUT2D eigenvalue weighted by Gasteiger charge is -2.14. The molecule has 0 aliphatic heterocycles. The van der Waals surface area contributed by atoms with E-state index in [1.165, 1.54) is 21.6 Å². The SMILES string of the molecule is O=C(Nc1ccc2ccccc2c1Br)c1ccccc1SSc1ccccc1C(=O)Nc1ccc2ccccc2c1Br. The number of nitrogens with one attached hydrogen (secondary N) is 2. The summed E-state index contributed by atoms with van der Waals surface area (Å²) in [6.07, 6.45) is 0. The van der Waals surface area contributed by atoms with Crippen LogP contribution in [0.2, 0.25) is 0 Å². The molecule has 0 spiro atoms. The first-order valence-corrected chi connectivity index (χ1v) is 16.7. The van der Waals surface area contributed by atoms with Crippen molar-refractivity contribution in [1.29, 1.82) is 0 Å². The summed E-state index contributed by atoms with van der Waals surface area (Å²) in [5, 5.41) is 10.3. The topological polar surface area (TPSA) is 58.2 Å². The Kier molecular flexibility index (Phi) is 8.67. The van der Waals surface area contributed by atoms with E-state index >= 15 is 0 Å². The Balaban J connectivity index is 1.20. The quantitative estimate of drug-likeness (QED) is 0.162. The molecule has 0 unspecified atom stereocenters. The molecule has 0 radical (unpaired) electrons. The number of benzene rings is 6. The van der Waals surface area contributed by atoms with Gasteiger partial charge in [-0.15, -0.1) is 0 Å². The standard InChI is InChI=1S/C34H22Br2N2O2S2/c35-31-23-11-3-1-9-21(23)17-19-27(31)37-33(39)25-13-5-7-15-29(25)41-42-30-16-8-6-14-26(30)34(40)38-28-20-18-22-10-2-4-12-24(22)32(28)36/h1-20H,(H,37,39)(H,38,40). The molecule has 8 heteroatoms. The molecular formula is C34H22Br2N2O2S2. The van der Waals surface area contributed by atoms with Gasteiger partial charge in [-0.2, -0.15) is 0 Å². The molecule has 0 saturated carbocycles. The minimum Gasteiger partial charge on any atom is -0.321 e. The fraction of sp³-hybridized carbons (Fsp3) is 0. The number of hydrogen-bond donors (Lipinski definition) is 2. The van der Waals surface area contributed by atoms with Crippen LogP contribution < -0.4 is 10.6 Å². The van der Waals surface area contributed by atoms with Crippen LogP contribution in [0.4, 0.5) is 11.4 Å². The lowest BCUT2D eigenvalue weighted by Crippen LogP contribution is -2.13. The van der Waals surface area contributed by atoms with E-state index in [9.17, 15) is 9.59 Å². The number of rotatable bonds is 7. The number of halogens is 2. The molecule has 0 atom stereocenters. The number of carbonyl (C=O) groups excluding carboxylic acids is 2. The number of carbonyl (C=O) groups is 2. The molecule has 0 aromatic heterocycles. The van der Waals surface area contributed by atoms with Crippen LogP contribution in [-0.4, -0.2) is 11.8 Å². The molecule has 0 aliphatic rings. The van der Waals surface area contributed by atoms with Crippen LogP contribution in [0.5, 0.6) is 0 Å². The van der Waals surface area contributed by atoms with Gasteiger partial charge in [0.2, 0.25) is 0 Å². The second kappa shape index (κ2) is 12.8. The van der Waals surface area contributed by atoms with Crippen molar-refractivity contribution in [1.82, 2.24) is 0 Å². The lowest BCUT2D eigenvalue weighted by atomic mass is 10.1. The first-order chi connectivity index (χ1) is 20.5. The fourth-order valence-electron chi connectivity index (χ4n) is 4.58. The summed E-state index contributed by atoms with van der Waals surface area (Å²) in [5.74, 6) is -0.413. The van der Waals surface area contributed by atoms with Crippen molar-refractivity contribution < 1.29 is 9.59 Å². The van der Waals surface area contributed by atoms with Gasteiger partial charge in [0.15, 0.2) is 0 Å². The monoisotopic (exact) mass is 712 g/mol. The van der Waals surface area contributed by atoms with Gasteiger partial charge < -0.3 is 10.6 Å². The Morgan fingerprint density at radius 2 is 0.857 bits per heavy atom. The maximum atomic E-state index is 13.4. The molecule has 6 aromatic carbocycles. The third-order valence-corrected chi connectivity index (χ3v) is 10.9. The van der Waals surface area contributed by atoms with Crippen LogP contribution in [0.3, 0.4) is 0 Å². The molecule has 2 N–H and O–H groups in total. The second-order valence-electron chi connectivity index (χ2n) is 9.36. The molecule has 6 aromatic rings. The summed E-state index contributed by atoms with van der Waals surface area (Å²) in [4.78, 5) is 28.4. The van der Waals surface area contributed by atoms with Gasteiger partial charge in [0, 0.05) is 18.7 Å². The average molecular weight is 715 g/mol. The minimum absolute atomic E-state index is 0.207. The van der Waals surface area contributed by atoms with E-state index in [0.717, 1.165) is 40.3 Å². The van der Waals surface area contributed by atoms with Crippen molar-refractivity contribution in [3.63, 3.8) is 0 Å². The maximum Gasteiger partial charge on any atom is 0.256 e. The summed E-state index contributed by atoms with van der Waals surface area (Å²) in [7, 11) is 2.89. The number of hydrogen-bond acceptors (Lipinski definition) is 4. The maximum absolute atomic E-state index is 13.4. The zero-order valence-electron chi connectivity index (χ0n) is 21.9. The van der Waals surface area contributed by atoms with E-state index < -0.39 is 0 Å². The zero-order valence-corrected chi connectivity index (χ0v) is 26.7. The van der Waals surface area contributed by atoms with Gasteiger partial charge in [0.05, 0.1) is 22.5 Å². The molecule has 0 bridgehead atoms. The van der Waals surface area contributed by atoms with E-state index in [0.29, 0.717) is 22.5 Å². The highest BCUT2D eigenvalue weighted by Gasteiger charge is 2.18. The van der Waals surface area contributed by atoms with Crippen LogP contribution in [0.15, 0.2) is 140 Å². The molecule has 6 rings (SSSR count). The van der Waals surface area contributed by atoms with Crippen molar-refractivity contribution in [3.8, 4) is 0 Å². The molecular weight excluding hydrogens is 692 g/mol. The van der Waals surface area contributed by atoms with Crippen molar-refractivity contribution >= 4 is 98.2 Å². The lowest BCUT2D eigenvalue weighted by molar-refractivity contribution is 0.101. The Hall–Kier alpha value is -3.56. The molecule has 2 amide bonds. The molecule has 4 nitrogen and oxygen atoms in total. The third-order valence-electron chi connectivity index (χ3n) is 6.71. The van der Waals surface area contributed by atoms with E-state index in [-0.39, 0.29) is 11.8 Å². The molecule has 0 aliphatic carbocycles. The highest BCUT2D eigenvalue weighted by atomic mass is 79.9. The van der Waals surface area contributed by atoms with Crippen molar-refractivity contribution in [2.24, 2.45) is 0 Å². The van der Waals surface area contributed by atoms with Gasteiger partial charge in [-0.3, -0.25) is 9.59 Å². The van der Waals surface area contributed by atoms with Crippen LogP contribution in [0.1, 0.15) is 20.7 Å². The normalized spacial score (nSPS) is 11.0. The van der Waals surface area contributed by atoms with Crippen molar-refractivity contribution in [2.45, 2.75) is 9.79 Å². The molecule has 0 saturated heterocycles. The third kappa shape index (κ3) is 5.99. The van der Waals surface area contributed by atoms with Gasteiger partial charge in [-0.1, -0.05) is 107 Å². The Bertz CT molecular complexity index is 1840. The van der Waals surface area contributed by atoms with E-state index in [1.54, 1.807) is 0 Å². The predicted molar refractivity (Wildman–Crippen MR) is 184 cm³/mol. The van der Waals surface area contributed by atoms with E-state index in [1.807, 2.05) is 121 Å². The van der Waals surface area contributed by atoms with Crippen LogP contribution >= 0.6 is 53.4 Å². The van der Waals surface area contributed by atoms with Gasteiger partial charge in [0.1, 0.15) is 0 Å². The summed E-state index contributed by atoms with van der Waals surface area (Å²) in [6.45, 7) is 0. The molecule has 42 heavy (non-hydrogen) atoms. The molecule has 0 heterocycles. The zero-order chi connectivity index (χ0) is 29.1. The number of fused-ring (bicyclic) bond motifs is 2. The van der Waals surface area contributed by atoms with E-state index in [4.69, 9.17) is 0 Å². The van der Waals surface area contributed by atoms with Gasteiger partial charge in [-0.05, 0) is 89.8 Å². The van der Waals surface area contributed by atoms with Gasteiger partial charge in [0.25, 0.3) is 11.8 Å². The highest BCUT2D eigenvalue weighted by molar-refractivity contribution is 9.11. The van der Waals surface area contributed by atoms with Crippen LogP contribution in [-0.2, 0) is 0 Å². The van der Waals surface area contributed by atoms with Gasteiger partial charge in [-0.25, -0.2) is 0 Å². The van der Waals surface area contributed by atoms with Crippen molar-refractivity contribution in [3.05, 3.63) is 141 Å². The first kappa shape index (κ1) is 28.6. The number of anilines is 2. The Labute approximate surface area is 267 Å². The van der Waals surface area contributed by atoms with Crippen LogP contribution in [0.25, 0.3) is 21.5 Å². The predicted octanol–water partition coefficient (Wildman–Crippen LogP) is 10.8. The molecule has 0 fully saturated rings. The fourth-order valence-corrected chi connectivity index (χ4v) is 8.13. The minimum atomic E-state index is -0.207. The molecule has 206 valence electrons. The number of amides is 2. The Morgan fingerprint density at radius 1 is 0.476 bits per heavy atom. The summed E-state index contributed by atoms with van der Waals surface area (Å²) >= 11 is 7.32. The largest absolute Gasteiger partial charge is 0.321 e. The van der Waals surface area contributed by atoms with E-state index in [2.05, 4.69) is 42.5 Å². The van der Waals surface area contributed by atoms with Crippen molar-refractivity contribution in [2.75, 3.05) is 10.6 Å².